The van der Waals surface area contributed by atoms with Crippen molar-refractivity contribution in [3.63, 3.8) is 0 Å². The zero-order valence-electron chi connectivity index (χ0n) is 15.0. The average molecular weight is 368 g/mol. The molecule has 0 spiro atoms. The van der Waals surface area contributed by atoms with E-state index in [1.807, 2.05) is 30.3 Å². The van der Waals surface area contributed by atoms with Crippen LogP contribution in [-0.4, -0.2) is 48.4 Å². The standard InChI is InChI=1S/C21H21FN2O3/c1-24-17-10-14(11-18(24)20-19(17)27-20)26-21(25)23-16-8-7-13(22)9-15(16)12-5-3-2-4-6-12/h2-9,14,17-20H,10-11H2,1H3,(H,23,25)/t14?,17-,18-,19-,20+/m0/s1. The van der Waals surface area contributed by atoms with Gasteiger partial charge in [-0.1, -0.05) is 30.3 Å². The van der Waals surface area contributed by atoms with E-state index in [1.54, 1.807) is 6.07 Å². The van der Waals surface area contributed by atoms with E-state index < -0.39 is 6.09 Å². The number of hydrogen-bond acceptors (Lipinski definition) is 4. The van der Waals surface area contributed by atoms with E-state index >= 15 is 0 Å². The van der Waals surface area contributed by atoms with Gasteiger partial charge in [0.05, 0.1) is 5.69 Å². The third kappa shape index (κ3) is 2.99. The Hall–Kier alpha value is -2.44. The number of morpholine rings is 1. The number of carbonyl (C=O) groups is 1. The number of piperidine rings is 1. The molecular weight excluding hydrogens is 347 g/mol. The Bertz CT molecular complexity index is 857. The van der Waals surface area contributed by atoms with Crippen LogP contribution in [0.15, 0.2) is 48.5 Å². The van der Waals surface area contributed by atoms with Crippen LogP contribution in [0.5, 0.6) is 0 Å². The maximum absolute atomic E-state index is 13.8. The molecule has 5 rings (SSSR count). The van der Waals surface area contributed by atoms with Crippen molar-refractivity contribution in [1.29, 1.82) is 0 Å². The number of benzene rings is 2. The van der Waals surface area contributed by atoms with E-state index in [9.17, 15) is 9.18 Å². The van der Waals surface area contributed by atoms with E-state index in [1.165, 1.54) is 12.1 Å². The van der Waals surface area contributed by atoms with Gasteiger partial charge >= 0.3 is 6.09 Å². The number of epoxide rings is 1. The van der Waals surface area contributed by atoms with Crippen molar-refractivity contribution in [1.82, 2.24) is 4.90 Å². The Morgan fingerprint density at radius 2 is 1.85 bits per heavy atom. The number of likely N-dealkylation sites (N-methyl/N-ethyl adjacent to an activating group) is 1. The first-order valence-electron chi connectivity index (χ1n) is 9.30. The molecule has 2 aromatic carbocycles. The van der Waals surface area contributed by atoms with Crippen LogP contribution in [0.2, 0.25) is 0 Å². The number of ether oxygens (including phenoxy) is 2. The number of rotatable bonds is 3. The minimum Gasteiger partial charge on any atom is -0.446 e. The average Bonchev–Trinajstić information content (AvgIpc) is 3.42. The highest BCUT2D eigenvalue weighted by molar-refractivity contribution is 5.91. The van der Waals surface area contributed by atoms with Gasteiger partial charge in [0.25, 0.3) is 0 Å². The van der Waals surface area contributed by atoms with Crippen molar-refractivity contribution in [2.45, 2.75) is 43.2 Å². The van der Waals surface area contributed by atoms with Crippen LogP contribution >= 0.6 is 0 Å². The Labute approximate surface area is 157 Å². The summed E-state index contributed by atoms with van der Waals surface area (Å²) < 4.78 is 25.1. The first-order chi connectivity index (χ1) is 13.1. The quantitative estimate of drug-likeness (QED) is 0.841. The molecule has 140 valence electrons. The summed E-state index contributed by atoms with van der Waals surface area (Å²) in [5, 5.41) is 2.79. The Kier molecular flexibility index (Phi) is 3.91. The summed E-state index contributed by atoms with van der Waals surface area (Å²) in [7, 11) is 2.12. The fraction of sp³-hybridized carbons (Fsp3) is 0.381. The Morgan fingerprint density at radius 1 is 1.15 bits per heavy atom. The lowest BCUT2D eigenvalue weighted by Gasteiger charge is -2.37. The number of amides is 1. The number of fused-ring (bicyclic) bond motifs is 5. The van der Waals surface area contributed by atoms with Gasteiger partial charge in [-0.2, -0.15) is 0 Å². The van der Waals surface area contributed by atoms with Crippen molar-refractivity contribution in [3.05, 3.63) is 54.3 Å². The number of anilines is 1. The predicted octanol–water partition coefficient (Wildman–Crippen LogP) is 3.65. The van der Waals surface area contributed by atoms with Gasteiger partial charge in [-0.25, -0.2) is 9.18 Å². The molecule has 3 heterocycles. The van der Waals surface area contributed by atoms with Gasteiger partial charge in [0.1, 0.15) is 24.1 Å². The van der Waals surface area contributed by atoms with Crippen LogP contribution in [-0.2, 0) is 9.47 Å². The van der Waals surface area contributed by atoms with Gasteiger partial charge in [-0.3, -0.25) is 10.2 Å². The minimum absolute atomic E-state index is 0.117. The highest BCUT2D eigenvalue weighted by Crippen LogP contribution is 2.48. The van der Waals surface area contributed by atoms with Crippen LogP contribution in [0.1, 0.15) is 12.8 Å². The van der Waals surface area contributed by atoms with E-state index in [2.05, 4.69) is 17.3 Å². The third-order valence-corrected chi connectivity index (χ3v) is 5.95. The van der Waals surface area contributed by atoms with E-state index in [-0.39, 0.29) is 11.9 Å². The lowest BCUT2D eigenvalue weighted by atomic mass is 9.99. The predicted molar refractivity (Wildman–Crippen MR) is 99.0 cm³/mol. The topological polar surface area (TPSA) is 54.1 Å². The molecule has 5 nitrogen and oxygen atoms in total. The number of nitrogens with zero attached hydrogens (tertiary/aromatic N) is 1. The van der Waals surface area contributed by atoms with Crippen LogP contribution in [0, 0.1) is 5.82 Å². The summed E-state index contributed by atoms with van der Waals surface area (Å²) in [6.45, 7) is 0. The minimum atomic E-state index is -0.498. The van der Waals surface area contributed by atoms with Crippen molar-refractivity contribution in [2.75, 3.05) is 12.4 Å². The van der Waals surface area contributed by atoms with Crippen molar-refractivity contribution < 1.29 is 18.7 Å². The zero-order valence-corrected chi connectivity index (χ0v) is 15.0. The first kappa shape index (κ1) is 16.7. The molecule has 3 aliphatic rings. The molecule has 0 saturated carbocycles. The summed E-state index contributed by atoms with van der Waals surface area (Å²) in [5.74, 6) is -0.348. The van der Waals surface area contributed by atoms with Gasteiger partial charge in [-0.05, 0) is 30.8 Å². The highest BCUT2D eigenvalue weighted by atomic mass is 19.1. The van der Waals surface area contributed by atoms with Gasteiger partial charge in [0.2, 0.25) is 0 Å². The second-order valence-electron chi connectivity index (χ2n) is 7.55. The molecule has 3 aliphatic heterocycles. The van der Waals surface area contributed by atoms with E-state index in [0.29, 0.717) is 35.5 Å². The summed E-state index contributed by atoms with van der Waals surface area (Å²) in [4.78, 5) is 14.8. The van der Waals surface area contributed by atoms with Gasteiger partial charge in [0, 0.05) is 30.5 Å². The van der Waals surface area contributed by atoms with Crippen molar-refractivity contribution in [3.8, 4) is 11.1 Å². The molecule has 27 heavy (non-hydrogen) atoms. The van der Waals surface area contributed by atoms with Gasteiger partial charge in [0.15, 0.2) is 0 Å². The van der Waals surface area contributed by atoms with Crippen LogP contribution < -0.4 is 5.32 Å². The molecule has 5 atom stereocenters. The molecule has 1 N–H and O–H groups in total. The fourth-order valence-electron chi connectivity index (χ4n) is 4.57. The maximum Gasteiger partial charge on any atom is 0.411 e. The molecule has 6 heteroatoms. The molecule has 0 aromatic heterocycles. The van der Waals surface area contributed by atoms with Crippen molar-refractivity contribution >= 4 is 11.8 Å². The number of halogens is 1. The largest absolute Gasteiger partial charge is 0.446 e. The van der Waals surface area contributed by atoms with Crippen LogP contribution in [0.25, 0.3) is 11.1 Å². The monoisotopic (exact) mass is 368 g/mol. The summed E-state index contributed by atoms with van der Waals surface area (Å²) in [6, 6.07) is 14.4. The molecule has 3 fully saturated rings. The number of hydrogen-bond donors (Lipinski definition) is 1. The molecular formula is C21H21FN2O3. The lowest BCUT2D eigenvalue weighted by molar-refractivity contribution is -0.00502. The third-order valence-electron chi connectivity index (χ3n) is 5.95. The molecule has 1 amide bonds. The lowest BCUT2D eigenvalue weighted by Crippen LogP contribution is -2.48. The highest BCUT2D eigenvalue weighted by Gasteiger charge is 2.62. The van der Waals surface area contributed by atoms with Gasteiger partial charge < -0.3 is 9.47 Å². The normalized spacial score (nSPS) is 31.3. The first-order valence-corrected chi connectivity index (χ1v) is 9.30. The SMILES string of the molecule is CN1[C@H]2CC(OC(=O)Nc3ccc(F)cc3-c3ccccc3)C[C@H]1[C@H]1O[C@H]12. The van der Waals surface area contributed by atoms with Crippen LogP contribution in [0.4, 0.5) is 14.9 Å². The van der Waals surface area contributed by atoms with Gasteiger partial charge in [-0.15, -0.1) is 0 Å². The van der Waals surface area contributed by atoms with Crippen molar-refractivity contribution in [2.24, 2.45) is 0 Å². The van der Waals surface area contributed by atoms with Crippen LogP contribution in [0.3, 0.4) is 0 Å². The molecule has 2 aromatic rings. The Morgan fingerprint density at radius 3 is 2.56 bits per heavy atom. The van der Waals surface area contributed by atoms with E-state index in [4.69, 9.17) is 9.47 Å². The maximum atomic E-state index is 13.8. The number of carbonyl (C=O) groups excluding carboxylic acids is 1. The smallest absolute Gasteiger partial charge is 0.411 e. The fourth-order valence-corrected chi connectivity index (χ4v) is 4.57. The second kappa shape index (κ2) is 6.32. The zero-order chi connectivity index (χ0) is 18.5. The Balaban J connectivity index is 1.29. The summed E-state index contributed by atoms with van der Waals surface area (Å²) in [5.41, 5.74) is 2.00. The molecule has 3 saturated heterocycles. The van der Waals surface area contributed by atoms with E-state index in [0.717, 1.165) is 18.4 Å². The molecule has 0 radical (unpaired) electrons. The number of nitrogens with one attached hydrogen (secondary N) is 1. The molecule has 0 aliphatic carbocycles. The molecule has 1 unspecified atom stereocenters. The molecule has 2 bridgehead atoms. The second-order valence-corrected chi connectivity index (χ2v) is 7.55. The summed E-state index contributed by atoms with van der Waals surface area (Å²) >= 11 is 0. The summed E-state index contributed by atoms with van der Waals surface area (Å²) in [6.07, 6.45) is 1.57.